The molecule has 0 aliphatic heterocycles. The van der Waals surface area contributed by atoms with Crippen LogP contribution in [0.2, 0.25) is 5.02 Å². The minimum absolute atomic E-state index is 0.739. The van der Waals surface area contributed by atoms with Gasteiger partial charge < -0.3 is 5.73 Å². The molecule has 0 unspecified atom stereocenters. The standard InChI is InChI=1S/C8H14ClN3/c1-7-8(9)6-11-12(7)5-3-2-4-10/h6H,2-5,10H2,1H3. The Hall–Kier alpha value is -0.540. The summed E-state index contributed by atoms with van der Waals surface area (Å²) in [7, 11) is 0. The van der Waals surface area contributed by atoms with Gasteiger partial charge in [0, 0.05) is 6.54 Å². The van der Waals surface area contributed by atoms with E-state index in [2.05, 4.69) is 5.10 Å². The highest BCUT2D eigenvalue weighted by Gasteiger charge is 2.01. The van der Waals surface area contributed by atoms with Crippen molar-refractivity contribution in [3.63, 3.8) is 0 Å². The topological polar surface area (TPSA) is 43.8 Å². The summed E-state index contributed by atoms with van der Waals surface area (Å²) < 4.78 is 1.91. The first-order chi connectivity index (χ1) is 5.75. The molecule has 4 heteroatoms. The van der Waals surface area contributed by atoms with Gasteiger partial charge in [0.15, 0.2) is 0 Å². The Kier molecular flexibility index (Phi) is 3.56. The zero-order valence-electron chi connectivity index (χ0n) is 7.26. The summed E-state index contributed by atoms with van der Waals surface area (Å²) in [5.41, 5.74) is 6.42. The molecule has 68 valence electrons. The van der Waals surface area contributed by atoms with Crippen molar-refractivity contribution in [3.05, 3.63) is 16.9 Å². The van der Waals surface area contributed by atoms with Crippen molar-refractivity contribution in [2.75, 3.05) is 6.54 Å². The molecule has 1 heterocycles. The molecule has 2 N–H and O–H groups in total. The van der Waals surface area contributed by atoms with E-state index < -0.39 is 0 Å². The smallest absolute Gasteiger partial charge is 0.0814 e. The number of rotatable bonds is 4. The maximum Gasteiger partial charge on any atom is 0.0814 e. The van der Waals surface area contributed by atoms with Gasteiger partial charge in [0.1, 0.15) is 0 Å². The zero-order chi connectivity index (χ0) is 8.97. The van der Waals surface area contributed by atoms with Gasteiger partial charge in [0.2, 0.25) is 0 Å². The third kappa shape index (κ3) is 2.22. The molecule has 0 fully saturated rings. The molecular weight excluding hydrogens is 174 g/mol. The first kappa shape index (κ1) is 9.55. The number of halogens is 1. The van der Waals surface area contributed by atoms with Crippen molar-refractivity contribution in [2.45, 2.75) is 26.3 Å². The summed E-state index contributed by atoms with van der Waals surface area (Å²) in [6.07, 6.45) is 3.78. The van der Waals surface area contributed by atoms with Gasteiger partial charge in [0.25, 0.3) is 0 Å². The predicted octanol–water partition coefficient (Wildman–Crippen LogP) is 1.58. The van der Waals surface area contributed by atoms with E-state index in [1.165, 1.54) is 0 Å². The molecule has 0 bridgehead atoms. The lowest BCUT2D eigenvalue weighted by molar-refractivity contribution is 0.550. The Bertz CT molecular complexity index is 244. The fourth-order valence-electron chi connectivity index (χ4n) is 1.06. The van der Waals surface area contributed by atoms with Crippen molar-refractivity contribution in [1.82, 2.24) is 9.78 Å². The van der Waals surface area contributed by atoms with Crippen LogP contribution in [-0.2, 0) is 6.54 Å². The van der Waals surface area contributed by atoms with Crippen LogP contribution in [0, 0.1) is 6.92 Å². The van der Waals surface area contributed by atoms with Crippen LogP contribution < -0.4 is 5.73 Å². The molecule has 0 spiro atoms. The van der Waals surface area contributed by atoms with Gasteiger partial charge in [-0.3, -0.25) is 4.68 Å². The van der Waals surface area contributed by atoms with Crippen LogP contribution in [0.15, 0.2) is 6.20 Å². The van der Waals surface area contributed by atoms with E-state index in [1.54, 1.807) is 6.20 Å². The predicted molar refractivity (Wildman–Crippen MR) is 50.3 cm³/mol. The van der Waals surface area contributed by atoms with Crippen molar-refractivity contribution < 1.29 is 0 Å². The molecular formula is C8H14ClN3. The van der Waals surface area contributed by atoms with E-state index in [4.69, 9.17) is 17.3 Å². The fraction of sp³-hybridized carbons (Fsp3) is 0.625. The number of aryl methyl sites for hydroxylation is 1. The summed E-state index contributed by atoms with van der Waals surface area (Å²) in [4.78, 5) is 0. The summed E-state index contributed by atoms with van der Waals surface area (Å²) >= 11 is 5.83. The molecule has 0 aliphatic rings. The summed E-state index contributed by atoms with van der Waals surface area (Å²) in [6.45, 7) is 3.63. The number of hydrogen-bond donors (Lipinski definition) is 1. The molecule has 0 radical (unpaired) electrons. The Labute approximate surface area is 77.5 Å². The minimum Gasteiger partial charge on any atom is -0.330 e. The van der Waals surface area contributed by atoms with E-state index in [9.17, 15) is 0 Å². The second kappa shape index (κ2) is 4.48. The average Bonchev–Trinajstić information content (AvgIpc) is 2.36. The third-order valence-corrected chi connectivity index (χ3v) is 2.24. The molecule has 12 heavy (non-hydrogen) atoms. The summed E-state index contributed by atoms with van der Waals surface area (Å²) in [5.74, 6) is 0. The van der Waals surface area contributed by atoms with Crippen LogP contribution in [0.3, 0.4) is 0 Å². The minimum atomic E-state index is 0.739. The van der Waals surface area contributed by atoms with Gasteiger partial charge in [-0.2, -0.15) is 5.10 Å². The molecule has 0 atom stereocenters. The van der Waals surface area contributed by atoms with E-state index in [0.29, 0.717) is 0 Å². The van der Waals surface area contributed by atoms with Crippen LogP contribution in [0.5, 0.6) is 0 Å². The van der Waals surface area contributed by atoms with Crippen LogP contribution >= 0.6 is 11.6 Å². The number of aromatic nitrogens is 2. The first-order valence-electron chi connectivity index (χ1n) is 4.13. The molecule has 0 aliphatic carbocycles. The molecule has 1 aromatic rings. The maximum absolute atomic E-state index is 5.83. The van der Waals surface area contributed by atoms with Gasteiger partial charge in [-0.1, -0.05) is 11.6 Å². The SMILES string of the molecule is Cc1c(Cl)cnn1CCCCN. The lowest BCUT2D eigenvalue weighted by Crippen LogP contribution is -2.05. The summed E-state index contributed by atoms with van der Waals surface area (Å²) in [5, 5.41) is 4.87. The number of nitrogens with two attached hydrogens (primary N) is 1. The van der Waals surface area contributed by atoms with Crippen LogP contribution in [0.4, 0.5) is 0 Å². The molecule has 0 saturated heterocycles. The fourth-order valence-corrected chi connectivity index (χ4v) is 1.20. The molecule has 0 saturated carbocycles. The highest BCUT2D eigenvalue weighted by atomic mass is 35.5. The quantitative estimate of drug-likeness (QED) is 0.728. The Morgan fingerprint density at radius 3 is 2.83 bits per heavy atom. The highest BCUT2D eigenvalue weighted by Crippen LogP contribution is 2.13. The lowest BCUT2D eigenvalue weighted by Gasteiger charge is -2.02. The Morgan fingerprint density at radius 2 is 2.33 bits per heavy atom. The number of nitrogens with zero attached hydrogens (tertiary/aromatic N) is 2. The summed E-state index contributed by atoms with van der Waals surface area (Å²) in [6, 6.07) is 0. The monoisotopic (exact) mass is 187 g/mol. The Balaban J connectivity index is 2.46. The van der Waals surface area contributed by atoms with Gasteiger partial charge >= 0.3 is 0 Å². The van der Waals surface area contributed by atoms with Crippen molar-refractivity contribution in [2.24, 2.45) is 5.73 Å². The largest absolute Gasteiger partial charge is 0.330 e. The van der Waals surface area contributed by atoms with E-state index in [1.807, 2.05) is 11.6 Å². The third-order valence-electron chi connectivity index (χ3n) is 1.87. The molecule has 1 rings (SSSR count). The highest BCUT2D eigenvalue weighted by molar-refractivity contribution is 6.31. The van der Waals surface area contributed by atoms with E-state index in [-0.39, 0.29) is 0 Å². The molecule has 0 aromatic carbocycles. The van der Waals surface area contributed by atoms with Crippen molar-refractivity contribution in [1.29, 1.82) is 0 Å². The van der Waals surface area contributed by atoms with Gasteiger partial charge in [-0.15, -0.1) is 0 Å². The van der Waals surface area contributed by atoms with E-state index in [0.717, 1.165) is 36.6 Å². The number of unbranched alkanes of at least 4 members (excludes halogenated alkanes) is 1. The molecule has 3 nitrogen and oxygen atoms in total. The van der Waals surface area contributed by atoms with Crippen molar-refractivity contribution >= 4 is 11.6 Å². The lowest BCUT2D eigenvalue weighted by atomic mass is 10.3. The van der Waals surface area contributed by atoms with Crippen LogP contribution in [-0.4, -0.2) is 16.3 Å². The molecule has 1 aromatic heterocycles. The number of hydrogen-bond acceptors (Lipinski definition) is 2. The Morgan fingerprint density at radius 1 is 1.58 bits per heavy atom. The average molecular weight is 188 g/mol. The molecule has 0 amide bonds. The van der Waals surface area contributed by atoms with E-state index >= 15 is 0 Å². The maximum atomic E-state index is 5.83. The van der Waals surface area contributed by atoms with Crippen molar-refractivity contribution in [3.8, 4) is 0 Å². The second-order valence-corrected chi connectivity index (χ2v) is 3.20. The van der Waals surface area contributed by atoms with Gasteiger partial charge in [0.05, 0.1) is 16.9 Å². The van der Waals surface area contributed by atoms with Crippen LogP contribution in [0.1, 0.15) is 18.5 Å². The normalized spacial score (nSPS) is 10.6. The van der Waals surface area contributed by atoms with Crippen LogP contribution in [0.25, 0.3) is 0 Å². The van der Waals surface area contributed by atoms with Gasteiger partial charge in [-0.25, -0.2) is 0 Å². The van der Waals surface area contributed by atoms with Gasteiger partial charge in [-0.05, 0) is 26.3 Å². The first-order valence-corrected chi connectivity index (χ1v) is 4.51. The second-order valence-electron chi connectivity index (χ2n) is 2.80. The zero-order valence-corrected chi connectivity index (χ0v) is 8.01.